The van der Waals surface area contributed by atoms with E-state index < -0.39 is 10.0 Å². The highest BCUT2D eigenvalue weighted by atomic mass is 32.2. The van der Waals surface area contributed by atoms with E-state index in [1.807, 2.05) is 12.1 Å². The molecule has 1 fully saturated rings. The summed E-state index contributed by atoms with van der Waals surface area (Å²) in [6, 6.07) is 5.30. The number of nitrogens with zero attached hydrogens (tertiary/aromatic N) is 1. The SMILES string of the molecule is CS(=O)(=O)NC1CCCN(C(=O)c2ccc3c(c2)CCO3)C1. The van der Waals surface area contributed by atoms with Gasteiger partial charge in [-0.1, -0.05) is 0 Å². The fourth-order valence-electron chi connectivity index (χ4n) is 3.06. The first-order valence-electron chi connectivity index (χ1n) is 7.45. The lowest BCUT2D eigenvalue weighted by molar-refractivity contribution is 0.0703. The number of rotatable bonds is 3. The van der Waals surface area contributed by atoms with E-state index in [1.54, 1.807) is 11.0 Å². The normalized spacial score (nSPS) is 21.3. The monoisotopic (exact) mass is 324 g/mol. The Labute approximate surface area is 130 Å². The Balaban J connectivity index is 1.71. The highest BCUT2D eigenvalue weighted by Gasteiger charge is 2.27. The van der Waals surface area contributed by atoms with E-state index in [0.29, 0.717) is 25.3 Å². The van der Waals surface area contributed by atoms with Crippen LogP contribution in [0.4, 0.5) is 0 Å². The van der Waals surface area contributed by atoms with Crippen LogP contribution in [-0.2, 0) is 16.4 Å². The van der Waals surface area contributed by atoms with Crippen LogP contribution < -0.4 is 9.46 Å². The molecule has 1 unspecified atom stereocenters. The van der Waals surface area contributed by atoms with Gasteiger partial charge in [0.05, 0.1) is 12.9 Å². The van der Waals surface area contributed by atoms with Gasteiger partial charge in [-0.15, -0.1) is 0 Å². The van der Waals surface area contributed by atoms with Crippen LogP contribution in [0.3, 0.4) is 0 Å². The molecule has 0 bridgehead atoms. The van der Waals surface area contributed by atoms with Crippen molar-refractivity contribution in [3.05, 3.63) is 29.3 Å². The minimum Gasteiger partial charge on any atom is -0.493 e. The van der Waals surface area contributed by atoms with E-state index in [4.69, 9.17) is 4.74 Å². The van der Waals surface area contributed by atoms with Gasteiger partial charge >= 0.3 is 0 Å². The summed E-state index contributed by atoms with van der Waals surface area (Å²) in [5, 5.41) is 0. The molecular formula is C15H20N2O4S. The average Bonchev–Trinajstić information content (AvgIpc) is 2.92. The van der Waals surface area contributed by atoms with Crippen molar-refractivity contribution in [1.29, 1.82) is 0 Å². The Morgan fingerprint density at radius 1 is 1.41 bits per heavy atom. The van der Waals surface area contributed by atoms with Crippen LogP contribution in [0.2, 0.25) is 0 Å². The van der Waals surface area contributed by atoms with Crippen molar-refractivity contribution in [2.75, 3.05) is 26.0 Å². The molecule has 2 aliphatic heterocycles. The molecule has 1 N–H and O–H groups in total. The molecule has 1 saturated heterocycles. The van der Waals surface area contributed by atoms with Crippen molar-refractivity contribution in [2.24, 2.45) is 0 Å². The third-order valence-electron chi connectivity index (χ3n) is 4.03. The van der Waals surface area contributed by atoms with Crippen molar-refractivity contribution in [3.8, 4) is 5.75 Å². The molecule has 0 radical (unpaired) electrons. The molecule has 7 heteroatoms. The van der Waals surface area contributed by atoms with Gasteiger partial charge < -0.3 is 9.64 Å². The van der Waals surface area contributed by atoms with E-state index in [0.717, 1.165) is 36.8 Å². The Morgan fingerprint density at radius 3 is 3.00 bits per heavy atom. The van der Waals surface area contributed by atoms with Gasteiger partial charge in [-0.05, 0) is 36.6 Å². The third kappa shape index (κ3) is 3.41. The Morgan fingerprint density at radius 2 is 2.23 bits per heavy atom. The zero-order valence-corrected chi connectivity index (χ0v) is 13.4. The quantitative estimate of drug-likeness (QED) is 0.891. The summed E-state index contributed by atoms with van der Waals surface area (Å²) >= 11 is 0. The smallest absolute Gasteiger partial charge is 0.253 e. The molecule has 22 heavy (non-hydrogen) atoms. The molecule has 2 aliphatic rings. The summed E-state index contributed by atoms with van der Waals surface area (Å²) in [5.41, 5.74) is 1.71. The first kappa shape index (κ1) is 15.3. The van der Waals surface area contributed by atoms with Crippen LogP contribution >= 0.6 is 0 Å². The van der Waals surface area contributed by atoms with Crippen LogP contribution in [0.1, 0.15) is 28.8 Å². The second-order valence-corrected chi connectivity index (χ2v) is 7.68. The molecule has 0 aromatic heterocycles. The van der Waals surface area contributed by atoms with Gasteiger partial charge in [0.25, 0.3) is 5.91 Å². The Hall–Kier alpha value is -1.60. The molecule has 0 saturated carbocycles. The highest BCUT2D eigenvalue weighted by Crippen LogP contribution is 2.26. The van der Waals surface area contributed by atoms with Crippen molar-refractivity contribution < 1.29 is 17.9 Å². The fourth-order valence-corrected chi connectivity index (χ4v) is 3.86. The van der Waals surface area contributed by atoms with Gasteiger partial charge in [-0.2, -0.15) is 0 Å². The minimum absolute atomic E-state index is 0.0466. The van der Waals surface area contributed by atoms with E-state index >= 15 is 0 Å². The first-order chi connectivity index (χ1) is 10.4. The minimum atomic E-state index is -3.25. The average molecular weight is 324 g/mol. The number of amides is 1. The van der Waals surface area contributed by atoms with Gasteiger partial charge in [0.15, 0.2) is 0 Å². The Kier molecular flexibility index (Phi) is 4.10. The largest absolute Gasteiger partial charge is 0.493 e. The molecule has 0 spiro atoms. The van der Waals surface area contributed by atoms with E-state index in [1.165, 1.54) is 0 Å². The molecule has 6 nitrogen and oxygen atoms in total. The van der Waals surface area contributed by atoms with Crippen molar-refractivity contribution >= 4 is 15.9 Å². The van der Waals surface area contributed by atoms with Gasteiger partial charge in [-0.3, -0.25) is 4.79 Å². The molecule has 1 aromatic rings. The first-order valence-corrected chi connectivity index (χ1v) is 9.34. The number of fused-ring (bicyclic) bond motifs is 1. The van der Waals surface area contributed by atoms with Crippen molar-refractivity contribution in [2.45, 2.75) is 25.3 Å². The summed E-state index contributed by atoms with van der Waals surface area (Å²) < 4.78 is 30.7. The maximum Gasteiger partial charge on any atom is 0.253 e. The lowest BCUT2D eigenvalue weighted by atomic mass is 10.0. The topological polar surface area (TPSA) is 75.7 Å². The Bertz CT molecular complexity index is 687. The number of ether oxygens (including phenoxy) is 1. The van der Waals surface area contributed by atoms with Crippen molar-refractivity contribution in [3.63, 3.8) is 0 Å². The number of carbonyl (C=O) groups excluding carboxylic acids is 1. The molecule has 120 valence electrons. The zero-order valence-electron chi connectivity index (χ0n) is 12.5. The number of benzene rings is 1. The summed E-state index contributed by atoms with van der Waals surface area (Å²) in [6.45, 7) is 1.74. The molecule has 2 heterocycles. The molecule has 0 aliphatic carbocycles. The van der Waals surface area contributed by atoms with Crippen LogP contribution in [-0.4, -0.2) is 51.2 Å². The van der Waals surface area contributed by atoms with E-state index in [9.17, 15) is 13.2 Å². The highest BCUT2D eigenvalue weighted by molar-refractivity contribution is 7.88. The number of sulfonamides is 1. The number of nitrogens with one attached hydrogen (secondary N) is 1. The molecule has 3 rings (SSSR count). The molecule has 1 aromatic carbocycles. The number of hydrogen-bond acceptors (Lipinski definition) is 4. The summed E-state index contributed by atoms with van der Waals surface area (Å²) in [5.74, 6) is 0.807. The maximum absolute atomic E-state index is 12.6. The second-order valence-electron chi connectivity index (χ2n) is 5.90. The standard InChI is InChI=1S/C15H20N2O4S/c1-22(19,20)16-13-3-2-7-17(10-13)15(18)12-4-5-14-11(9-12)6-8-21-14/h4-5,9,13,16H,2-3,6-8,10H2,1H3. The lowest BCUT2D eigenvalue weighted by Crippen LogP contribution is -2.49. The van der Waals surface area contributed by atoms with Gasteiger partial charge in [0, 0.05) is 31.1 Å². The second kappa shape index (κ2) is 5.89. The van der Waals surface area contributed by atoms with Gasteiger partial charge in [-0.25, -0.2) is 13.1 Å². The van der Waals surface area contributed by atoms with E-state index in [-0.39, 0.29) is 11.9 Å². The summed E-state index contributed by atoms with van der Waals surface area (Å²) in [4.78, 5) is 14.3. The maximum atomic E-state index is 12.6. The molecule has 1 atom stereocenters. The van der Waals surface area contributed by atoms with Crippen LogP contribution in [0.5, 0.6) is 5.75 Å². The number of piperidine rings is 1. The van der Waals surface area contributed by atoms with E-state index in [2.05, 4.69) is 4.72 Å². The number of likely N-dealkylation sites (tertiary alicyclic amines) is 1. The van der Waals surface area contributed by atoms with Crippen LogP contribution in [0, 0.1) is 0 Å². The predicted octanol–water partition coefficient (Wildman–Crippen LogP) is 0.775. The van der Waals surface area contributed by atoms with Crippen LogP contribution in [0.15, 0.2) is 18.2 Å². The fraction of sp³-hybridized carbons (Fsp3) is 0.533. The summed E-state index contributed by atoms with van der Waals surface area (Å²) in [7, 11) is -3.25. The number of carbonyl (C=O) groups is 1. The van der Waals surface area contributed by atoms with Gasteiger partial charge in [0.2, 0.25) is 10.0 Å². The predicted molar refractivity (Wildman–Crippen MR) is 82.5 cm³/mol. The molecule has 1 amide bonds. The summed E-state index contributed by atoms with van der Waals surface area (Å²) in [6.07, 6.45) is 3.53. The molecular weight excluding hydrogens is 304 g/mol. The lowest BCUT2D eigenvalue weighted by Gasteiger charge is -2.32. The number of hydrogen-bond donors (Lipinski definition) is 1. The zero-order chi connectivity index (χ0) is 15.7. The van der Waals surface area contributed by atoms with Crippen molar-refractivity contribution in [1.82, 2.24) is 9.62 Å². The van der Waals surface area contributed by atoms with Crippen LogP contribution in [0.25, 0.3) is 0 Å². The van der Waals surface area contributed by atoms with Gasteiger partial charge in [0.1, 0.15) is 5.75 Å². The third-order valence-corrected chi connectivity index (χ3v) is 4.79.